The number of aryl methyl sites for hydroxylation is 1. The van der Waals surface area contributed by atoms with Crippen LogP contribution in [0.3, 0.4) is 0 Å². The first-order valence-electron chi connectivity index (χ1n) is 10.5. The number of aromatic carboxylic acids is 1. The molecule has 1 atom stereocenters. The highest BCUT2D eigenvalue weighted by molar-refractivity contribution is 9.10. The Morgan fingerprint density at radius 2 is 1.87 bits per heavy atom. The van der Waals surface area contributed by atoms with Gasteiger partial charge in [-0.05, 0) is 52.0 Å². The summed E-state index contributed by atoms with van der Waals surface area (Å²) in [5.74, 6) is -1.23. The van der Waals surface area contributed by atoms with Gasteiger partial charge >= 0.3 is 5.97 Å². The molecule has 172 valence electrons. The normalized spacial score (nSPS) is 13.7. The summed E-state index contributed by atoms with van der Waals surface area (Å²) in [5, 5.41) is 9.95. The third-order valence-corrected chi connectivity index (χ3v) is 11.7. The molecule has 0 aliphatic heterocycles. The molecule has 2 aromatic heterocycles. The van der Waals surface area contributed by atoms with E-state index >= 15 is 0 Å². The number of carboxylic acids is 1. The smallest absolute Gasteiger partial charge is 0.341 e. The topological polar surface area (TPSA) is 101 Å². The maximum absolute atomic E-state index is 13.0. The van der Waals surface area contributed by atoms with Gasteiger partial charge < -0.3 is 19.1 Å². The molecular formula is C22H33BrN2O5Si. The Hall–Kier alpha value is -1.71. The lowest BCUT2D eigenvalue weighted by atomic mass is 10.0. The van der Waals surface area contributed by atoms with Crippen molar-refractivity contribution in [1.82, 2.24) is 9.55 Å². The van der Waals surface area contributed by atoms with Gasteiger partial charge in [0, 0.05) is 6.20 Å². The van der Waals surface area contributed by atoms with Crippen molar-refractivity contribution in [2.75, 3.05) is 6.61 Å². The van der Waals surface area contributed by atoms with E-state index in [0.717, 1.165) is 0 Å². The van der Waals surface area contributed by atoms with Crippen LogP contribution in [0.15, 0.2) is 20.3 Å². The van der Waals surface area contributed by atoms with Crippen molar-refractivity contribution >= 4 is 41.3 Å². The van der Waals surface area contributed by atoms with Crippen molar-refractivity contribution < 1.29 is 14.3 Å². The van der Waals surface area contributed by atoms with E-state index in [1.54, 1.807) is 4.57 Å². The number of nitrogens with zero attached hydrogens (tertiary/aromatic N) is 1. The molecule has 0 aliphatic carbocycles. The van der Waals surface area contributed by atoms with Gasteiger partial charge in [-0.2, -0.15) is 0 Å². The summed E-state index contributed by atoms with van der Waals surface area (Å²) in [7, 11) is -2.07. The number of hydrogen-bond donors (Lipinski definition) is 2. The zero-order chi connectivity index (χ0) is 23.9. The van der Waals surface area contributed by atoms with Crippen molar-refractivity contribution in [2.24, 2.45) is 5.92 Å². The number of fused-ring (bicyclic) bond motifs is 1. The Balaban J connectivity index is 2.83. The fourth-order valence-electron chi connectivity index (χ4n) is 3.30. The lowest BCUT2D eigenvalue weighted by molar-refractivity contribution is 0.0694. The van der Waals surface area contributed by atoms with Crippen LogP contribution in [0.25, 0.3) is 11.0 Å². The molecule has 0 amide bonds. The van der Waals surface area contributed by atoms with Gasteiger partial charge in [0.15, 0.2) is 8.32 Å². The average molecular weight is 514 g/mol. The van der Waals surface area contributed by atoms with Gasteiger partial charge in [0.05, 0.1) is 22.5 Å². The summed E-state index contributed by atoms with van der Waals surface area (Å²) in [6.07, 6.45) is 1.75. The molecule has 7 nitrogen and oxygen atoms in total. The molecule has 0 aromatic carbocycles. The number of pyridine rings is 2. The molecular weight excluding hydrogens is 480 g/mol. The lowest BCUT2D eigenvalue weighted by Gasteiger charge is -2.38. The van der Waals surface area contributed by atoms with Crippen LogP contribution in [0, 0.1) is 5.92 Å². The number of rotatable bonds is 7. The number of aromatic amines is 1. The van der Waals surface area contributed by atoms with Gasteiger partial charge in [-0.3, -0.25) is 9.59 Å². The Morgan fingerprint density at radius 3 is 2.32 bits per heavy atom. The first kappa shape index (κ1) is 25.5. The molecule has 2 rings (SSSR count). The van der Waals surface area contributed by atoms with Crippen LogP contribution in [-0.2, 0) is 10.8 Å². The van der Waals surface area contributed by atoms with Gasteiger partial charge in [0.2, 0.25) is 5.43 Å². The van der Waals surface area contributed by atoms with Crippen molar-refractivity contribution in [3.63, 3.8) is 0 Å². The van der Waals surface area contributed by atoms with Crippen LogP contribution in [0.4, 0.5) is 0 Å². The van der Waals surface area contributed by atoms with Gasteiger partial charge in [-0.15, -0.1) is 0 Å². The number of halogens is 1. The quantitative estimate of drug-likeness (QED) is 0.511. The summed E-state index contributed by atoms with van der Waals surface area (Å²) in [4.78, 5) is 40.3. The number of H-pyrrole nitrogens is 1. The molecule has 2 N–H and O–H groups in total. The van der Waals surface area contributed by atoms with E-state index in [2.05, 4.69) is 54.8 Å². The zero-order valence-corrected chi connectivity index (χ0v) is 22.1. The van der Waals surface area contributed by atoms with Crippen LogP contribution in [0.5, 0.6) is 0 Å². The Morgan fingerprint density at radius 1 is 1.29 bits per heavy atom. The van der Waals surface area contributed by atoms with E-state index in [-0.39, 0.29) is 38.0 Å². The number of nitrogens with one attached hydrogen (secondary N) is 1. The molecule has 2 heterocycles. The lowest BCUT2D eigenvalue weighted by Crippen LogP contribution is -2.42. The van der Waals surface area contributed by atoms with Crippen LogP contribution in [-0.4, -0.2) is 35.6 Å². The summed E-state index contributed by atoms with van der Waals surface area (Å²) in [6, 6.07) is -0.267. The Kier molecular flexibility index (Phi) is 7.44. The average Bonchev–Trinajstić information content (AvgIpc) is 2.63. The summed E-state index contributed by atoms with van der Waals surface area (Å²) >= 11 is 3.27. The second kappa shape index (κ2) is 9.03. The molecule has 1 unspecified atom stereocenters. The maximum Gasteiger partial charge on any atom is 0.341 e. The van der Waals surface area contributed by atoms with Crippen molar-refractivity contribution in [3.05, 3.63) is 42.4 Å². The predicted molar refractivity (Wildman–Crippen MR) is 130 cm³/mol. The van der Waals surface area contributed by atoms with Gasteiger partial charge in [0.1, 0.15) is 11.2 Å². The highest BCUT2D eigenvalue weighted by Crippen LogP contribution is 2.37. The predicted octanol–water partition coefficient (Wildman–Crippen LogP) is 4.93. The second-order valence-electron chi connectivity index (χ2n) is 9.79. The first-order valence-corrected chi connectivity index (χ1v) is 14.2. The Labute approximate surface area is 192 Å². The molecule has 0 saturated heterocycles. The fraction of sp³-hybridized carbons (Fsp3) is 0.591. The van der Waals surface area contributed by atoms with Crippen LogP contribution in [0.1, 0.15) is 63.5 Å². The molecule has 0 spiro atoms. The Bertz CT molecular complexity index is 1110. The van der Waals surface area contributed by atoms with Crippen LogP contribution >= 0.6 is 15.9 Å². The van der Waals surface area contributed by atoms with E-state index in [9.17, 15) is 19.5 Å². The van der Waals surface area contributed by atoms with E-state index in [4.69, 9.17) is 4.43 Å². The van der Waals surface area contributed by atoms with E-state index in [1.807, 2.05) is 20.8 Å². The summed E-state index contributed by atoms with van der Waals surface area (Å²) < 4.78 is 8.42. The number of carboxylic acid groups (broad SMARTS) is 1. The zero-order valence-electron chi connectivity index (χ0n) is 19.6. The molecule has 0 bridgehead atoms. The fourth-order valence-corrected chi connectivity index (χ4v) is 4.90. The van der Waals surface area contributed by atoms with Gasteiger partial charge in [-0.1, -0.05) is 41.5 Å². The van der Waals surface area contributed by atoms with E-state index < -0.39 is 19.7 Å². The SMILES string of the molecule is CCc1c(Br)c(=O)[nH]c2c1c(=O)c(C(=O)O)cn2C(CO[Si](C)(C)C(C)(C)C)C(C)C. The second-order valence-corrected chi connectivity index (χ2v) is 15.4. The minimum Gasteiger partial charge on any atom is -0.477 e. The number of carbonyl (C=O) groups is 1. The number of hydrogen-bond acceptors (Lipinski definition) is 4. The maximum atomic E-state index is 13.0. The largest absolute Gasteiger partial charge is 0.477 e. The molecule has 9 heteroatoms. The molecule has 0 fully saturated rings. The molecule has 0 aliphatic rings. The standard InChI is InChI=1S/C22H33BrN2O5Si/c1-9-13-16-18(26)14(21(28)29)10-25(19(16)24-20(27)17(13)23)15(12(2)3)11-30-31(7,8)22(4,5)6/h10,12,15H,9,11H2,1-8H3,(H,24,27)(H,28,29). The minimum atomic E-state index is -2.07. The highest BCUT2D eigenvalue weighted by Gasteiger charge is 2.38. The van der Waals surface area contributed by atoms with Crippen molar-refractivity contribution in [2.45, 2.75) is 72.1 Å². The van der Waals surface area contributed by atoms with Crippen molar-refractivity contribution in [3.8, 4) is 0 Å². The van der Waals surface area contributed by atoms with Gasteiger partial charge in [0.25, 0.3) is 5.56 Å². The third-order valence-electron chi connectivity index (χ3n) is 6.36. The molecule has 0 radical (unpaired) electrons. The molecule has 31 heavy (non-hydrogen) atoms. The molecule has 0 saturated carbocycles. The van der Waals surface area contributed by atoms with Crippen molar-refractivity contribution in [1.29, 1.82) is 0 Å². The van der Waals surface area contributed by atoms with Crippen LogP contribution in [0.2, 0.25) is 18.1 Å². The van der Waals surface area contributed by atoms with Crippen LogP contribution < -0.4 is 11.0 Å². The minimum absolute atomic E-state index is 0.0148. The monoisotopic (exact) mass is 512 g/mol. The third kappa shape index (κ3) is 4.88. The summed E-state index contributed by atoms with van der Waals surface area (Å²) in [5.41, 5.74) is -0.432. The van der Waals surface area contributed by atoms with E-state index in [0.29, 0.717) is 24.2 Å². The highest BCUT2D eigenvalue weighted by atomic mass is 79.9. The van der Waals surface area contributed by atoms with Gasteiger partial charge in [-0.25, -0.2) is 4.79 Å². The molecule has 2 aromatic rings. The van der Waals surface area contributed by atoms with E-state index in [1.165, 1.54) is 6.20 Å². The summed E-state index contributed by atoms with van der Waals surface area (Å²) in [6.45, 7) is 17.0. The first-order chi connectivity index (χ1) is 14.1. The number of aromatic nitrogens is 2.